The molecule has 1 aromatic heterocycles. The molecule has 96 valence electrons. The minimum Gasteiger partial charge on any atom is -0.322 e. The van der Waals surface area contributed by atoms with Crippen molar-refractivity contribution in [3.63, 3.8) is 0 Å². The standard InChI is InChI=1S/C15H13FN2S/c16-11-5-3-4-10(8-11)9-12(17)15-18-13-6-1-2-7-14(13)19-15/h1-8,12H,9,17H2. The van der Waals surface area contributed by atoms with E-state index in [0.29, 0.717) is 6.42 Å². The molecule has 0 aliphatic heterocycles. The molecule has 0 aliphatic rings. The van der Waals surface area contributed by atoms with E-state index in [1.54, 1.807) is 17.4 Å². The van der Waals surface area contributed by atoms with Gasteiger partial charge in [-0.15, -0.1) is 11.3 Å². The molecule has 1 unspecified atom stereocenters. The summed E-state index contributed by atoms with van der Waals surface area (Å²) >= 11 is 1.60. The monoisotopic (exact) mass is 272 g/mol. The van der Waals surface area contributed by atoms with Gasteiger partial charge in [0.25, 0.3) is 0 Å². The molecule has 0 fully saturated rings. The van der Waals surface area contributed by atoms with Crippen LogP contribution in [0.25, 0.3) is 10.2 Å². The summed E-state index contributed by atoms with van der Waals surface area (Å²) in [6, 6.07) is 14.3. The van der Waals surface area contributed by atoms with Crippen molar-refractivity contribution >= 4 is 21.6 Å². The van der Waals surface area contributed by atoms with E-state index >= 15 is 0 Å². The lowest BCUT2D eigenvalue weighted by Gasteiger charge is -2.08. The lowest BCUT2D eigenvalue weighted by molar-refractivity contribution is 0.622. The van der Waals surface area contributed by atoms with Crippen LogP contribution in [-0.4, -0.2) is 4.98 Å². The number of hydrogen-bond acceptors (Lipinski definition) is 3. The fourth-order valence-corrected chi connectivity index (χ4v) is 3.02. The highest BCUT2D eigenvalue weighted by Gasteiger charge is 2.12. The highest BCUT2D eigenvalue weighted by Crippen LogP contribution is 2.26. The van der Waals surface area contributed by atoms with E-state index in [0.717, 1.165) is 20.8 Å². The first-order valence-electron chi connectivity index (χ1n) is 6.08. The van der Waals surface area contributed by atoms with Gasteiger partial charge in [-0.25, -0.2) is 9.37 Å². The van der Waals surface area contributed by atoms with Crippen LogP contribution in [-0.2, 0) is 6.42 Å². The first-order valence-corrected chi connectivity index (χ1v) is 6.89. The van der Waals surface area contributed by atoms with E-state index < -0.39 is 0 Å². The smallest absolute Gasteiger partial charge is 0.123 e. The Morgan fingerprint density at radius 1 is 1.16 bits per heavy atom. The van der Waals surface area contributed by atoms with Crippen molar-refractivity contribution in [2.45, 2.75) is 12.5 Å². The third-order valence-electron chi connectivity index (χ3n) is 2.97. The third kappa shape index (κ3) is 2.64. The molecule has 1 atom stereocenters. The van der Waals surface area contributed by atoms with Gasteiger partial charge >= 0.3 is 0 Å². The Hall–Kier alpha value is -1.78. The molecular formula is C15H13FN2S. The molecule has 0 radical (unpaired) electrons. The molecule has 0 amide bonds. The summed E-state index contributed by atoms with van der Waals surface area (Å²) in [5.74, 6) is -0.228. The van der Waals surface area contributed by atoms with Crippen molar-refractivity contribution in [2.24, 2.45) is 5.73 Å². The third-order valence-corrected chi connectivity index (χ3v) is 4.14. The Bertz CT molecular complexity index is 675. The normalized spacial score (nSPS) is 12.7. The molecule has 3 rings (SSSR count). The summed E-state index contributed by atoms with van der Waals surface area (Å²) in [5, 5.41) is 0.894. The second-order valence-corrected chi connectivity index (χ2v) is 5.52. The van der Waals surface area contributed by atoms with Crippen LogP contribution >= 0.6 is 11.3 Å². The molecule has 2 nitrogen and oxygen atoms in total. The summed E-state index contributed by atoms with van der Waals surface area (Å²) in [7, 11) is 0. The summed E-state index contributed by atoms with van der Waals surface area (Å²) < 4.78 is 14.3. The van der Waals surface area contributed by atoms with Gasteiger partial charge in [0.05, 0.1) is 16.3 Å². The molecular weight excluding hydrogens is 259 g/mol. The van der Waals surface area contributed by atoms with Gasteiger partial charge < -0.3 is 5.73 Å². The molecule has 0 saturated heterocycles. The minimum absolute atomic E-state index is 0.195. The Labute approximate surface area is 114 Å². The molecule has 0 spiro atoms. The number of rotatable bonds is 3. The molecule has 2 aromatic carbocycles. The number of nitrogens with zero attached hydrogens (tertiary/aromatic N) is 1. The van der Waals surface area contributed by atoms with Crippen LogP contribution in [0.5, 0.6) is 0 Å². The number of para-hydroxylation sites is 1. The van der Waals surface area contributed by atoms with Gasteiger partial charge in [-0.1, -0.05) is 24.3 Å². The topological polar surface area (TPSA) is 38.9 Å². The Balaban J connectivity index is 1.85. The van der Waals surface area contributed by atoms with E-state index in [-0.39, 0.29) is 11.9 Å². The predicted molar refractivity (Wildman–Crippen MR) is 76.7 cm³/mol. The van der Waals surface area contributed by atoms with E-state index in [9.17, 15) is 4.39 Å². The highest BCUT2D eigenvalue weighted by atomic mass is 32.1. The number of benzene rings is 2. The number of aromatic nitrogens is 1. The Kier molecular flexibility index (Phi) is 3.27. The SMILES string of the molecule is NC(Cc1cccc(F)c1)c1nc2ccccc2s1. The number of fused-ring (bicyclic) bond motifs is 1. The van der Waals surface area contributed by atoms with E-state index in [4.69, 9.17) is 5.73 Å². The maximum atomic E-state index is 13.1. The average Bonchev–Trinajstić information content (AvgIpc) is 2.82. The lowest BCUT2D eigenvalue weighted by atomic mass is 10.1. The van der Waals surface area contributed by atoms with Gasteiger partial charge in [0.1, 0.15) is 10.8 Å². The van der Waals surface area contributed by atoms with Crippen molar-refractivity contribution < 1.29 is 4.39 Å². The molecule has 4 heteroatoms. The van der Waals surface area contributed by atoms with Crippen LogP contribution in [0.15, 0.2) is 48.5 Å². The second-order valence-electron chi connectivity index (χ2n) is 4.46. The highest BCUT2D eigenvalue weighted by molar-refractivity contribution is 7.18. The van der Waals surface area contributed by atoms with Crippen LogP contribution in [0.3, 0.4) is 0 Å². The number of nitrogens with two attached hydrogens (primary N) is 1. The Morgan fingerprint density at radius 2 is 2.00 bits per heavy atom. The van der Waals surface area contributed by atoms with Crippen molar-refractivity contribution in [3.05, 3.63) is 64.9 Å². The quantitative estimate of drug-likeness (QED) is 0.790. The van der Waals surface area contributed by atoms with Crippen LogP contribution in [0, 0.1) is 5.82 Å². The number of hydrogen-bond donors (Lipinski definition) is 1. The fraction of sp³-hybridized carbons (Fsp3) is 0.133. The zero-order valence-electron chi connectivity index (χ0n) is 10.2. The first kappa shape index (κ1) is 12.3. The van der Waals surface area contributed by atoms with E-state index in [1.165, 1.54) is 12.1 Å². The van der Waals surface area contributed by atoms with E-state index in [1.807, 2.05) is 30.3 Å². The largest absolute Gasteiger partial charge is 0.322 e. The second kappa shape index (κ2) is 5.07. The zero-order chi connectivity index (χ0) is 13.2. The van der Waals surface area contributed by atoms with E-state index in [2.05, 4.69) is 4.98 Å². The maximum Gasteiger partial charge on any atom is 0.123 e. The van der Waals surface area contributed by atoms with Crippen molar-refractivity contribution in [2.75, 3.05) is 0 Å². The maximum absolute atomic E-state index is 13.1. The van der Waals surface area contributed by atoms with Crippen molar-refractivity contribution in [1.82, 2.24) is 4.98 Å². The molecule has 0 saturated carbocycles. The minimum atomic E-state index is -0.228. The van der Waals surface area contributed by atoms with Gasteiger partial charge in [-0.05, 0) is 36.2 Å². The summed E-state index contributed by atoms with van der Waals surface area (Å²) in [4.78, 5) is 4.53. The summed E-state index contributed by atoms with van der Waals surface area (Å²) in [5.41, 5.74) is 8.03. The predicted octanol–water partition coefficient (Wildman–Crippen LogP) is 3.68. The van der Waals surface area contributed by atoms with Gasteiger partial charge in [0, 0.05) is 0 Å². The van der Waals surface area contributed by atoms with Crippen molar-refractivity contribution in [3.8, 4) is 0 Å². The average molecular weight is 272 g/mol. The molecule has 2 N–H and O–H groups in total. The Morgan fingerprint density at radius 3 is 2.79 bits per heavy atom. The molecule has 0 aliphatic carbocycles. The van der Waals surface area contributed by atoms with Gasteiger partial charge in [-0.2, -0.15) is 0 Å². The summed E-state index contributed by atoms with van der Waals surface area (Å²) in [6.45, 7) is 0. The summed E-state index contributed by atoms with van der Waals surface area (Å²) in [6.07, 6.45) is 0.595. The zero-order valence-corrected chi connectivity index (χ0v) is 11.0. The van der Waals surface area contributed by atoms with Crippen molar-refractivity contribution in [1.29, 1.82) is 0 Å². The van der Waals surface area contributed by atoms with Crippen LogP contribution in [0.4, 0.5) is 4.39 Å². The molecule has 0 bridgehead atoms. The van der Waals surface area contributed by atoms with Crippen LogP contribution in [0.2, 0.25) is 0 Å². The van der Waals surface area contributed by atoms with Crippen LogP contribution in [0.1, 0.15) is 16.6 Å². The van der Waals surface area contributed by atoms with Crippen LogP contribution < -0.4 is 5.73 Å². The molecule has 19 heavy (non-hydrogen) atoms. The molecule has 1 heterocycles. The molecule has 3 aromatic rings. The van der Waals surface area contributed by atoms with Gasteiger partial charge in [0.15, 0.2) is 0 Å². The fourth-order valence-electron chi connectivity index (χ4n) is 2.05. The van der Waals surface area contributed by atoms with Gasteiger partial charge in [0.2, 0.25) is 0 Å². The first-order chi connectivity index (χ1) is 9.22. The number of halogens is 1. The number of thiazole rings is 1. The van der Waals surface area contributed by atoms with Gasteiger partial charge in [-0.3, -0.25) is 0 Å². The lowest BCUT2D eigenvalue weighted by Crippen LogP contribution is -2.13.